The van der Waals surface area contributed by atoms with E-state index in [-0.39, 0.29) is 5.56 Å². The molecule has 0 saturated carbocycles. The monoisotopic (exact) mass is 267 g/mol. The van der Waals surface area contributed by atoms with Gasteiger partial charge in [0.25, 0.3) is 6.43 Å². The topological polar surface area (TPSA) is 71.9 Å². The molecule has 0 bridgehead atoms. The van der Waals surface area contributed by atoms with Gasteiger partial charge in [0.15, 0.2) is 0 Å². The Morgan fingerprint density at radius 2 is 2.06 bits per heavy atom. The molecule has 0 fully saturated rings. The van der Waals surface area contributed by atoms with Gasteiger partial charge < -0.3 is 10.5 Å². The Kier molecular flexibility index (Phi) is 3.90. The number of anilines is 1. The SMILES string of the molecule is N#CCc1c(N)cc(OC(F)(F)F)nc1C(F)F. The van der Waals surface area contributed by atoms with E-state index in [1.165, 1.54) is 0 Å². The van der Waals surface area contributed by atoms with Crippen molar-refractivity contribution in [2.75, 3.05) is 5.73 Å². The van der Waals surface area contributed by atoms with E-state index in [1.54, 1.807) is 6.07 Å². The highest BCUT2D eigenvalue weighted by Crippen LogP contribution is 2.31. The van der Waals surface area contributed by atoms with Gasteiger partial charge in [-0.25, -0.2) is 13.8 Å². The van der Waals surface area contributed by atoms with Crippen LogP contribution in [0.1, 0.15) is 17.7 Å². The van der Waals surface area contributed by atoms with Gasteiger partial charge in [0.1, 0.15) is 5.69 Å². The predicted molar refractivity (Wildman–Crippen MR) is 49.6 cm³/mol. The van der Waals surface area contributed by atoms with Crippen LogP contribution in [0.2, 0.25) is 0 Å². The van der Waals surface area contributed by atoms with E-state index in [9.17, 15) is 22.0 Å². The summed E-state index contributed by atoms with van der Waals surface area (Å²) in [4.78, 5) is 3.01. The Morgan fingerprint density at radius 3 is 2.50 bits per heavy atom. The van der Waals surface area contributed by atoms with Crippen LogP contribution in [0.3, 0.4) is 0 Å². The number of pyridine rings is 1. The maximum absolute atomic E-state index is 12.6. The van der Waals surface area contributed by atoms with E-state index in [0.717, 1.165) is 0 Å². The van der Waals surface area contributed by atoms with Crippen molar-refractivity contribution < 1.29 is 26.7 Å². The Bertz CT molecular complexity index is 480. The smallest absolute Gasteiger partial charge is 0.398 e. The minimum atomic E-state index is -5.06. The normalized spacial score (nSPS) is 11.4. The highest BCUT2D eigenvalue weighted by atomic mass is 19.4. The van der Waals surface area contributed by atoms with E-state index in [1.807, 2.05) is 0 Å². The third-order valence-corrected chi connectivity index (χ3v) is 1.85. The third-order valence-electron chi connectivity index (χ3n) is 1.85. The number of nitrogens with zero attached hydrogens (tertiary/aromatic N) is 2. The minimum absolute atomic E-state index is 0.304. The van der Waals surface area contributed by atoms with Crippen molar-refractivity contribution in [2.45, 2.75) is 19.2 Å². The van der Waals surface area contributed by atoms with Crippen LogP contribution in [0.4, 0.5) is 27.6 Å². The standard InChI is InChI=1S/C9H6F5N3O/c10-8(11)7-4(1-2-15)5(16)3-6(17-7)18-9(12,13)14/h3,8H,1H2,(H2,16,17). The van der Waals surface area contributed by atoms with Gasteiger partial charge >= 0.3 is 6.36 Å². The van der Waals surface area contributed by atoms with Gasteiger partial charge in [-0.1, -0.05) is 0 Å². The number of halogens is 5. The summed E-state index contributed by atoms with van der Waals surface area (Å²) >= 11 is 0. The van der Waals surface area contributed by atoms with E-state index in [0.29, 0.717) is 6.07 Å². The first-order valence-electron chi connectivity index (χ1n) is 4.44. The second kappa shape index (κ2) is 5.03. The molecule has 0 saturated heterocycles. The lowest BCUT2D eigenvalue weighted by atomic mass is 10.1. The highest BCUT2D eigenvalue weighted by Gasteiger charge is 2.33. The number of nitriles is 1. The lowest BCUT2D eigenvalue weighted by molar-refractivity contribution is -0.276. The van der Waals surface area contributed by atoms with Gasteiger partial charge in [-0.2, -0.15) is 5.26 Å². The minimum Gasteiger partial charge on any atom is -0.398 e. The Morgan fingerprint density at radius 1 is 1.44 bits per heavy atom. The predicted octanol–water partition coefficient (Wildman–Crippen LogP) is 2.57. The van der Waals surface area contributed by atoms with E-state index in [4.69, 9.17) is 11.0 Å². The van der Waals surface area contributed by atoms with Gasteiger partial charge in [0, 0.05) is 17.3 Å². The summed E-state index contributed by atoms with van der Waals surface area (Å²) in [7, 11) is 0. The van der Waals surface area contributed by atoms with Crippen LogP contribution >= 0.6 is 0 Å². The molecule has 0 radical (unpaired) electrons. The largest absolute Gasteiger partial charge is 0.574 e. The van der Waals surface area contributed by atoms with Crippen molar-refractivity contribution in [3.8, 4) is 11.9 Å². The molecule has 1 heterocycles. The molecule has 1 aromatic rings. The summed E-state index contributed by atoms with van der Waals surface area (Å²) in [5, 5.41) is 8.42. The maximum atomic E-state index is 12.6. The molecule has 4 nitrogen and oxygen atoms in total. The first kappa shape index (κ1) is 14.0. The second-order valence-electron chi connectivity index (χ2n) is 3.10. The molecule has 1 aromatic heterocycles. The van der Waals surface area contributed by atoms with E-state index < -0.39 is 36.5 Å². The van der Waals surface area contributed by atoms with Crippen molar-refractivity contribution in [2.24, 2.45) is 0 Å². The second-order valence-corrected chi connectivity index (χ2v) is 3.10. The molecule has 0 aliphatic rings. The molecule has 9 heteroatoms. The van der Waals surface area contributed by atoms with Gasteiger partial charge in [0.05, 0.1) is 12.5 Å². The van der Waals surface area contributed by atoms with Crippen LogP contribution in [0.15, 0.2) is 6.07 Å². The molecule has 18 heavy (non-hydrogen) atoms. The maximum Gasteiger partial charge on any atom is 0.574 e. The summed E-state index contributed by atoms with van der Waals surface area (Å²) in [6, 6.07) is 2.22. The fraction of sp³-hybridized carbons (Fsp3) is 0.333. The first-order valence-corrected chi connectivity index (χ1v) is 4.44. The molecular formula is C9H6F5N3O. The van der Waals surface area contributed by atoms with Crippen LogP contribution < -0.4 is 10.5 Å². The van der Waals surface area contributed by atoms with E-state index in [2.05, 4.69) is 9.72 Å². The van der Waals surface area contributed by atoms with Crippen LogP contribution in [0.25, 0.3) is 0 Å². The van der Waals surface area contributed by atoms with Gasteiger partial charge in [-0.05, 0) is 0 Å². The molecule has 0 amide bonds. The fourth-order valence-corrected chi connectivity index (χ4v) is 1.21. The summed E-state index contributed by atoms with van der Waals surface area (Å²) in [6.07, 6.45) is -8.70. The lowest BCUT2D eigenvalue weighted by Crippen LogP contribution is -2.19. The number of ether oxygens (including phenoxy) is 1. The van der Waals surface area contributed by atoms with Crippen LogP contribution in [-0.4, -0.2) is 11.3 Å². The summed E-state index contributed by atoms with van der Waals surface area (Å²) in [5.74, 6) is -1.09. The molecule has 0 spiro atoms. The van der Waals surface area contributed by atoms with Crippen LogP contribution in [0.5, 0.6) is 5.88 Å². The van der Waals surface area contributed by atoms with Crippen LogP contribution in [0, 0.1) is 11.3 Å². The van der Waals surface area contributed by atoms with E-state index >= 15 is 0 Å². The van der Waals surface area contributed by atoms with Crippen LogP contribution in [-0.2, 0) is 6.42 Å². The van der Waals surface area contributed by atoms with Crippen molar-refractivity contribution in [3.05, 3.63) is 17.3 Å². The van der Waals surface area contributed by atoms with Crippen molar-refractivity contribution in [3.63, 3.8) is 0 Å². The van der Waals surface area contributed by atoms with Gasteiger partial charge in [-0.15, -0.1) is 13.2 Å². The van der Waals surface area contributed by atoms with Crippen molar-refractivity contribution >= 4 is 5.69 Å². The molecule has 0 aliphatic heterocycles. The number of aromatic nitrogens is 1. The van der Waals surface area contributed by atoms with Crippen molar-refractivity contribution in [1.82, 2.24) is 4.98 Å². The Labute approximate surface area is 97.8 Å². The summed E-state index contributed by atoms with van der Waals surface area (Å²) < 4.78 is 64.3. The molecule has 0 atom stereocenters. The molecule has 98 valence electrons. The number of nitrogen functional groups attached to an aromatic ring is 1. The average Bonchev–Trinajstić information content (AvgIpc) is 2.19. The highest BCUT2D eigenvalue weighted by molar-refractivity contribution is 5.53. The first-order chi connectivity index (χ1) is 8.24. The molecule has 0 aliphatic carbocycles. The Hall–Kier alpha value is -2.11. The zero-order chi connectivity index (χ0) is 13.9. The third kappa shape index (κ3) is 3.44. The quantitative estimate of drug-likeness (QED) is 0.854. The zero-order valence-corrected chi connectivity index (χ0v) is 8.63. The number of rotatable bonds is 3. The number of hydrogen-bond acceptors (Lipinski definition) is 4. The van der Waals surface area contributed by atoms with Gasteiger partial charge in [-0.3, -0.25) is 0 Å². The van der Waals surface area contributed by atoms with Crippen molar-refractivity contribution in [1.29, 1.82) is 5.26 Å². The molecule has 0 unspecified atom stereocenters. The average molecular weight is 267 g/mol. The number of hydrogen-bond donors (Lipinski definition) is 1. The fourth-order valence-electron chi connectivity index (χ4n) is 1.21. The molecular weight excluding hydrogens is 261 g/mol. The number of alkyl halides is 5. The summed E-state index contributed by atoms with van der Waals surface area (Å²) in [5.41, 5.74) is 3.60. The molecule has 2 N–H and O–H groups in total. The zero-order valence-electron chi connectivity index (χ0n) is 8.63. The number of nitrogens with two attached hydrogens (primary N) is 1. The Balaban J connectivity index is 3.24. The lowest BCUT2D eigenvalue weighted by Gasteiger charge is -2.13. The van der Waals surface area contributed by atoms with Gasteiger partial charge in [0.2, 0.25) is 5.88 Å². The summed E-state index contributed by atoms with van der Waals surface area (Å²) in [6.45, 7) is 0. The molecule has 1 rings (SSSR count). The molecule has 0 aromatic carbocycles.